The third-order valence-corrected chi connectivity index (χ3v) is 7.18. The predicted molar refractivity (Wildman–Crippen MR) is 144 cm³/mol. The first-order valence-corrected chi connectivity index (χ1v) is 15.1. The number of carbonyl (C=O) groups excluding carboxylic acids is 1. The van der Waals surface area contributed by atoms with Crippen molar-refractivity contribution in [2.75, 3.05) is 13.1 Å². The third-order valence-electron chi connectivity index (χ3n) is 7.18. The molecule has 0 aromatic heterocycles. The Bertz CT molecular complexity index is 379. The van der Waals surface area contributed by atoms with Gasteiger partial charge in [0.15, 0.2) is 0 Å². The molecular formula is C30H60LiNO2. The molecule has 0 saturated carbocycles. The Hall–Kier alpha value is 0.0274. The van der Waals surface area contributed by atoms with Crippen LogP contribution in [0.15, 0.2) is 0 Å². The molecule has 0 aromatic carbocycles. The normalized spacial score (nSPS) is 12.1. The van der Waals surface area contributed by atoms with Gasteiger partial charge in [0.1, 0.15) is 0 Å². The number of carboxylic acids is 1. The smallest absolute Gasteiger partial charge is 0.550 e. The van der Waals surface area contributed by atoms with E-state index >= 15 is 0 Å². The molecular weight excluding hydrogens is 413 g/mol. The molecule has 0 aliphatic carbocycles. The minimum absolute atomic E-state index is 0. The van der Waals surface area contributed by atoms with Gasteiger partial charge in [0.25, 0.3) is 0 Å². The van der Waals surface area contributed by atoms with E-state index in [-0.39, 0.29) is 31.3 Å². The number of carboxylic acid groups (broad SMARTS) is 1. The Morgan fingerprint density at radius 1 is 0.559 bits per heavy atom. The van der Waals surface area contributed by atoms with Gasteiger partial charge < -0.3 is 14.8 Å². The van der Waals surface area contributed by atoms with Crippen LogP contribution in [0.2, 0.25) is 0 Å². The summed E-state index contributed by atoms with van der Waals surface area (Å²) in [7, 11) is 0. The molecule has 198 valence electrons. The molecule has 34 heavy (non-hydrogen) atoms. The van der Waals surface area contributed by atoms with Gasteiger partial charge in [0, 0.05) is 18.4 Å². The van der Waals surface area contributed by atoms with Crippen LogP contribution in [0.5, 0.6) is 0 Å². The van der Waals surface area contributed by atoms with Crippen LogP contribution in [0.3, 0.4) is 0 Å². The van der Waals surface area contributed by atoms with Crippen LogP contribution in [0.4, 0.5) is 0 Å². The second-order valence-electron chi connectivity index (χ2n) is 10.5. The van der Waals surface area contributed by atoms with Crippen LogP contribution >= 0.6 is 0 Å². The predicted octanol–water partition coefficient (Wildman–Crippen LogP) is 5.44. The summed E-state index contributed by atoms with van der Waals surface area (Å²) in [5, 5.41) is 11.1. The maximum absolute atomic E-state index is 11.1. The van der Waals surface area contributed by atoms with Gasteiger partial charge in [-0.05, 0) is 32.9 Å². The molecule has 0 aromatic rings. The largest absolute Gasteiger partial charge is 1.00 e. The minimum atomic E-state index is -0.912. The van der Waals surface area contributed by atoms with Gasteiger partial charge in [-0.1, -0.05) is 142 Å². The standard InChI is InChI=1S/C30H61NO2.Li/c1-4-6-8-10-12-14-16-18-20-22-24-26-31(29(3)28-30(32)33)27-25-23-21-19-17-15-13-11-9-7-5-2;/h29H,4-28H2,1-3H3,(H,32,33);/q;+1/p-1. The van der Waals surface area contributed by atoms with Crippen molar-refractivity contribution in [2.24, 2.45) is 0 Å². The number of aliphatic carboxylic acids is 1. The Labute approximate surface area is 226 Å². The van der Waals surface area contributed by atoms with E-state index in [0.717, 1.165) is 13.1 Å². The van der Waals surface area contributed by atoms with E-state index in [2.05, 4.69) is 25.7 Å². The molecule has 0 bridgehead atoms. The summed E-state index contributed by atoms with van der Waals surface area (Å²) in [6.45, 7) is 8.70. The molecule has 0 radical (unpaired) electrons. The summed E-state index contributed by atoms with van der Waals surface area (Å²) in [6.07, 6.45) is 30.0. The molecule has 3 nitrogen and oxygen atoms in total. The van der Waals surface area contributed by atoms with E-state index < -0.39 is 5.97 Å². The molecule has 0 heterocycles. The summed E-state index contributed by atoms with van der Waals surface area (Å²) in [5.74, 6) is -0.912. The Kier molecular flexibility index (Phi) is 31.1. The second-order valence-corrected chi connectivity index (χ2v) is 10.5. The number of rotatable bonds is 27. The van der Waals surface area contributed by atoms with Crippen molar-refractivity contribution in [3.05, 3.63) is 0 Å². The van der Waals surface area contributed by atoms with E-state index in [4.69, 9.17) is 0 Å². The van der Waals surface area contributed by atoms with Crippen molar-refractivity contribution in [1.29, 1.82) is 0 Å². The molecule has 0 spiro atoms. The van der Waals surface area contributed by atoms with E-state index in [0.29, 0.717) is 0 Å². The summed E-state index contributed by atoms with van der Waals surface area (Å²) < 4.78 is 0. The van der Waals surface area contributed by atoms with Crippen LogP contribution in [0.1, 0.15) is 168 Å². The quantitative estimate of drug-likeness (QED) is 0.118. The van der Waals surface area contributed by atoms with Crippen LogP contribution in [0.25, 0.3) is 0 Å². The van der Waals surface area contributed by atoms with Crippen molar-refractivity contribution >= 4 is 5.97 Å². The summed E-state index contributed by atoms with van der Waals surface area (Å²) in [4.78, 5) is 13.5. The van der Waals surface area contributed by atoms with Gasteiger partial charge in [-0.15, -0.1) is 0 Å². The SMILES string of the molecule is CCCCCCCCCCCCCN(CCCCCCCCCCCCC)C(C)CC(=O)[O-].[Li+]. The first kappa shape index (κ1) is 36.2. The van der Waals surface area contributed by atoms with Crippen molar-refractivity contribution < 1.29 is 28.8 Å². The number of hydrogen-bond acceptors (Lipinski definition) is 3. The van der Waals surface area contributed by atoms with Crippen molar-refractivity contribution in [1.82, 2.24) is 4.90 Å². The molecule has 0 aliphatic heterocycles. The summed E-state index contributed by atoms with van der Waals surface area (Å²) in [5.41, 5.74) is 0. The first-order chi connectivity index (χ1) is 16.1. The average molecular weight is 474 g/mol. The molecule has 1 unspecified atom stereocenters. The molecule has 0 aliphatic rings. The van der Waals surface area contributed by atoms with E-state index in [9.17, 15) is 9.90 Å². The van der Waals surface area contributed by atoms with Crippen LogP contribution < -0.4 is 24.0 Å². The summed E-state index contributed by atoms with van der Waals surface area (Å²) >= 11 is 0. The second kappa shape index (κ2) is 29.3. The fourth-order valence-electron chi connectivity index (χ4n) is 4.88. The zero-order chi connectivity index (χ0) is 24.4. The van der Waals surface area contributed by atoms with Crippen LogP contribution in [-0.2, 0) is 4.79 Å². The van der Waals surface area contributed by atoms with E-state index in [1.807, 2.05) is 0 Å². The molecule has 0 fully saturated rings. The monoisotopic (exact) mass is 473 g/mol. The van der Waals surface area contributed by atoms with Gasteiger partial charge in [-0.2, -0.15) is 0 Å². The molecule has 0 rings (SSSR count). The number of hydrogen-bond donors (Lipinski definition) is 0. The van der Waals surface area contributed by atoms with Gasteiger partial charge >= 0.3 is 18.9 Å². The van der Waals surface area contributed by atoms with Crippen molar-refractivity contribution in [3.63, 3.8) is 0 Å². The Morgan fingerprint density at radius 3 is 1.09 bits per heavy atom. The zero-order valence-electron chi connectivity index (χ0n) is 24.0. The molecule has 1 atom stereocenters. The topological polar surface area (TPSA) is 43.4 Å². The van der Waals surface area contributed by atoms with Crippen molar-refractivity contribution in [2.45, 2.75) is 174 Å². The summed E-state index contributed by atoms with van der Waals surface area (Å²) in [6, 6.07) is 0.0984. The van der Waals surface area contributed by atoms with Gasteiger partial charge in [-0.3, -0.25) is 0 Å². The zero-order valence-corrected chi connectivity index (χ0v) is 24.0. The molecule has 4 heteroatoms. The average Bonchev–Trinajstić information content (AvgIpc) is 2.79. The van der Waals surface area contributed by atoms with Crippen molar-refractivity contribution in [3.8, 4) is 0 Å². The minimum Gasteiger partial charge on any atom is -0.550 e. The van der Waals surface area contributed by atoms with Crippen LogP contribution in [0, 0.1) is 0 Å². The number of nitrogens with zero attached hydrogens (tertiary/aromatic N) is 1. The number of carbonyl (C=O) groups is 1. The van der Waals surface area contributed by atoms with Crippen LogP contribution in [-0.4, -0.2) is 30.0 Å². The Balaban J connectivity index is 0. The van der Waals surface area contributed by atoms with Gasteiger partial charge in [-0.25, -0.2) is 0 Å². The molecule has 0 N–H and O–H groups in total. The molecule has 0 amide bonds. The van der Waals surface area contributed by atoms with Gasteiger partial charge in [0.05, 0.1) is 0 Å². The molecule has 0 saturated heterocycles. The van der Waals surface area contributed by atoms with E-state index in [1.54, 1.807) is 0 Å². The fourth-order valence-corrected chi connectivity index (χ4v) is 4.88. The van der Waals surface area contributed by atoms with E-state index in [1.165, 1.54) is 141 Å². The first-order valence-electron chi connectivity index (χ1n) is 15.1. The maximum atomic E-state index is 11.1. The maximum Gasteiger partial charge on any atom is 1.00 e. The third kappa shape index (κ3) is 26.6. The fraction of sp³-hybridized carbons (Fsp3) is 0.967. The Morgan fingerprint density at radius 2 is 0.824 bits per heavy atom. The van der Waals surface area contributed by atoms with Gasteiger partial charge in [0.2, 0.25) is 0 Å². The number of unbranched alkanes of at least 4 members (excludes halogenated alkanes) is 20.